The highest BCUT2D eigenvalue weighted by atomic mass is 16.2. The van der Waals surface area contributed by atoms with Crippen LogP contribution in [0.1, 0.15) is 20.3 Å². The number of nitrogens with one attached hydrogen (secondary N) is 1. The van der Waals surface area contributed by atoms with E-state index in [4.69, 9.17) is 5.73 Å². The molecule has 0 aromatic carbocycles. The lowest BCUT2D eigenvalue weighted by Gasteiger charge is -2.23. The molecular formula is C10H19N3O2. The molecule has 0 spiro atoms. The van der Waals surface area contributed by atoms with Crippen molar-refractivity contribution in [3.05, 3.63) is 0 Å². The van der Waals surface area contributed by atoms with Crippen molar-refractivity contribution in [3.8, 4) is 0 Å². The Hall–Kier alpha value is -1.10. The van der Waals surface area contributed by atoms with Gasteiger partial charge in [0, 0.05) is 20.1 Å². The number of likely N-dealkylation sites (tertiary alicyclic amines) is 1. The highest BCUT2D eigenvalue weighted by Crippen LogP contribution is 2.30. The highest BCUT2D eigenvalue weighted by molar-refractivity contribution is 5.86. The Morgan fingerprint density at radius 1 is 1.53 bits per heavy atom. The van der Waals surface area contributed by atoms with Crippen LogP contribution in [-0.4, -0.2) is 42.9 Å². The molecule has 1 saturated heterocycles. The van der Waals surface area contributed by atoms with Gasteiger partial charge in [-0.3, -0.25) is 9.59 Å². The number of hydrogen-bond donors (Lipinski definition) is 2. The van der Waals surface area contributed by atoms with Crippen molar-refractivity contribution in [3.63, 3.8) is 0 Å². The number of amides is 2. The number of carbonyl (C=O) groups is 2. The van der Waals surface area contributed by atoms with Crippen LogP contribution in [-0.2, 0) is 9.59 Å². The summed E-state index contributed by atoms with van der Waals surface area (Å²) in [6.45, 7) is 4.62. The SMILES string of the molecule is CNC(=O)C1(C)CCN(C(=O)[C@@H](C)N)C1. The maximum Gasteiger partial charge on any atom is 0.239 e. The predicted octanol–water partition coefficient (Wildman–Crippen LogP) is -0.682. The van der Waals surface area contributed by atoms with Crippen molar-refractivity contribution in [1.82, 2.24) is 10.2 Å². The van der Waals surface area contributed by atoms with Gasteiger partial charge in [-0.05, 0) is 20.3 Å². The molecule has 0 aliphatic carbocycles. The average Bonchev–Trinajstić information content (AvgIpc) is 2.59. The molecule has 0 aromatic rings. The minimum Gasteiger partial charge on any atom is -0.359 e. The molecule has 5 nitrogen and oxygen atoms in total. The van der Waals surface area contributed by atoms with Crippen LogP contribution in [0.5, 0.6) is 0 Å². The van der Waals surface area contributed by atoms with Crippen LogP contribution in [0.25, 0.3) is 0 Å². The molecule has 0 saturated carbocycles. The van der Waals surface area contributed by atoms with Gasteiger partial charge < -0.3 is 16.0 Å². The fourth-order valence-electron chi connectivity index (χ4n) is 1.92. The molecular weight excluding hydrogens is 194 g/mol. The first-order valence-electron chi connectivity index (χ1n) is 5.17. The van der Waals surface area contributed by atoms with Gasteiger partial charge in [-0.15, -0.1) is 0 Å². The minimum atomic E-state index is -0.489. The highest BCUT2D eigenvalue weighted by Gasteiger charge is 2.41. The number of carbonyl (C=O) groups excluding carboxylic acids is 2. The molecule has 1 heterocycles. The molecule has 2 atom stereocenters. The summed E-state index contributed by atoms with van der Waals surface area (Å²) in [6.07, 6.45) is 0.700. The zero-order valence-corrected chi connectivity index (χ0v) is 9.54. The standard InChI is InChI=1S/C10H19N3O2/c1-7(11)8(14)13-5-4-10(2,6-13)9(15)12-3/h7H,4-6,11H2,1-3H3,(H,12,15)/t7-,10?/m1/s1. The largest absolute Gasteiger partial charge is 0.359 e. The summed E-state index contributed by atoms with van der Waals surface area (Å²) in [4.78, 5) is 24.9. The Balaban J connectivity index is 2.66. The van der Waals surface area contributed by atoms with E-state index in [9.17, 15) is 9.59 Å². The summed E-state index contributed by atoms with van der Waals surface area (Å²) >= 11 is 0. The van der Waals surface area contributed by atoms with E-state index in [1.807, 2.05) is 6.92 Å². The molecule has 86 valence electrons. The maximum absolute atomic E-state index is 11.6. The number of rotatable bonds is 2. The summed E-state index contributed by atoms with van der Waals surface area (Å²) in [6, 6.07) is -0.489. The second-order valence-corrected chi connectivity index (χ2v) is 4.44. The van der Waals surface area contributed by atoms with Crippen LogP contribution in [0.15, 0.2) is 0 Å². The smallest absolute Gasteiger partial charge is 0.239 e. The van der Waals surface area contributed by atoms with E-state index in [-0.39, 0.29) is 11.8 Å². The molecule has 1 aliphatic rings. The molecule has 0 aromatic heterocycles. The Morgan fingerprint density at radius 3 is 2.60 bits per heavy atom. The van der Waals surface area contributed by atoms with E-state index in [0.29, 0.717) is 19.5 Å². The maximum atomic E-state index is 11.6. The van der Waals surface area contributed by atoms with E-state index in [1.165, 1.54) is 0 Å². The third-order valence-electron chi connectivity index (χ3n) is 2.95. The van der Waals surface area contributed by atoms with Gasteiger partial charge in [-0.25, -0.2) is 0 Å². The van der Waals surface area contributed by atoms with Gasteiger partial charge in [0.1, 0.15) is 0 Å². The van der Waals surface area contributed by atoms with Crippen LogP contribution < -0.4 is 11.1 Å². The third-order valence-corrected chi connectivity index (χ3v) is 2.95. The first-order chi connectivity index (χ1) is 6.90. The van der Waals surface area contributed by atoms with Gasteiger partial charge in [0.2, 0.25) is 11.8 Å². The van der Waals surface area contributed by atoms with Gasteiger partial charge in [0.15, 0.2) is 0 Å². The van der Waals surface area contributed by atoms with Crippen LogP contribution in [0.3, 0.4) is 0 Å². The Bertz CT molecular complexity index is 278. The quantitative estimate of drug-likeness (QED) is 0.638. The molecule has 15 heavy (non-hydrogen) atoms. The molecule has 0 bridgehead atoms. The van der Waals surface area contributed by atoms with Gasteiger partial charge in [0.05, 0.1) is 11.5 Å². The fourth-order valence-corrected chi connectivity index (χ4v) is 1.92. The van der Waals surface area contributed by atoms with Crippen molar-refractivity contribution < 1.29 is 9.59 Å². The second kappa shape index (κ2) is 4.18. The van der Waals surface area contributed by atoms with E-state index < -0.39 is 11.5 Å². The van der Waals surface area contributed by atoms with Crippen LogP contribution >= 0.6 is 0 Å². The molecule has 1 rings (SSSR count). The summed E-state index contributed by atoms with van der Waals surface area (Å²) in [5.74, 6) is -0.0925. The van der Waals surface area contributed by atoms with Gasteiger partial charge in [0.25, 0.3) is 0 Å². The van der Waals surface area contributed by atoms with E-state index in [0.717, 1.165) is 0 Å². The zero-order chi connectivity index (χ0) is 11.6. The Labute approximate surface area is 90.0 Å². The monoisotopic (exact) mass is 213 g/mol. The average molecular weight is 213 g/mol. The Morgan fingerprint density at radius 2 is 2.13 bits per heavy atom. The molecule has 2 amide bonds. The van der Waals surface area contributed by atoms with Gasteiger partial charge >= 0.3 is 0 Å². The summed E-state index contributed by atoms with van der Waals surface area (Å²) < 4.78 is 0. The molecule has 3 N–H and O–H groups in total. The van der Waals surface area contributed by atoms with Crippen LogP contribution in [0.2, 0.25) is 0 Å². The summed E-state index contributed by atoms with van der Waals surface area (Å²) in [5, 5.41) is 2.63. The lowest BCUT2D eigenvalue weighted by atomic mass is 9.89. The Kier molecular flexibility index (Phi) is 3.34. The molecule has 1 fully saturated rings. The van der Waals surface area contributed by atoms with Crippen LogP contribution in [0.4, 0.5) is 0 Å². The molecule has 5 heteroatoms. The second-order valence-electron chi connectivity index (χ2n) is 4.44. The van der Waals surface area contributed by atoms with Crippen molar-refractivity contribution in [2.45, 2.75) is 26.3 Å². The molecule has 1 aliphatic heterocycles. The van der Waals surface area contributed by atoms with Crippen molar-refractivity contribution in [1.29, 1.82) is 0 Å². The topological polar surface area (TPSA) is 75.4 Å². The predicted molar refractivity (Wildman–Crippen MR) is 57.0 cm³/mol. The number of hydrogen-bond acceptors (Lipinski definition) is 3. The van der Waals surface area contributed by atoms with E-state index in [2.05, 4.69) is 5.32 Å². The first kappa shape index (κ1) is 12.0. The van der Waals surface area contributed by atoms with Gasteiger partial charge in [-0.1, -0.05) is 0 Å². The third kappa shape index (κ3) is 2.28. The molecule has 1 unspecified atom stereocenters. The first-order valence-corrected chi connectivity index (χ1v) is 5.17. The summed E-state index contributed by atoms with van der Waals surface area (Å²) in [7, 11) is 1.61. The van der Waals surface area contributed by atoms with Crippen LogP contribution in [0, 0.1) is 5.41 Å². The minimum absolute atomic E-state index is 0.0116. The lowest BCUT2D eigenvalue weighted by molar-refractivity contribution is -0.133. The van der Waals surface area contributed by atoms with Crippen molar-refractivity contribution in [2.24, 2.45) is 11.1 Å². The van der Waals surface area contributed by atoms with E-state index >= 15 is 0 Å². The van der Waals surface area contributed by atoms with Crippen molar-refractivity contribution >= 4 is 11.8 Å². The molecule has 0 radical (unpaired) electrons. The lowest BCUT2D eigenvalue weighted by Crippen LogP contribution is -2.44. The zero-order valence-electron chi connectivity index (χ0n) is 9.54. The normalized spacial score (nSPS) is 27.6. The van der Waals surface area contributed by atoms with Crippen molar-refractivity contribution in [2.75, 3.05) is 20.1 Å². The number of nitrogens with two attached hydrogens (primary N) is 1. The van der Waals surface area contributed by atoms with E-state index in [1.54, 1.807) is 18.9 Å². The number of nitrogens with zero attached hydrogens (tertiary/aromatic N) is 1. The fraction of sp³-hybridized carbons (Fsp3) is 0.800. The van der Waals surface area contributed by atoms with Gasteiger partial charge in [-0.2, -0.15) is 0 Å². The summed E-state index contributed by atoms with van der Waals surface area (Å²) in [5.41, 5.74) is 5.06.